The molecule has 0 bridgehead atoms. The molecule has 1 aliphatic rings. The second-order valence-electron chi connectivity index (χ2n) is 7.43. The summed E-state index contributed by atoms with van der Waals surface area (Å²) in [6.07, 6.45) is 0.866. The number of aromatic nitrogens is 3. The van der Waals surface area contributed by atoms with Crippen LogP contribution >= 0.6 is 0 Å². The fraction of sp³-hybridized carbons (Fsp3) is 0.450. The van der Waals surface area contributed by atoms with Crippen molar-refractivity contribution >= 4 is 17.8 Å². The molecule has 154 valence electrons. The van der Waals surface area contributed by atoms with E-state index in [1.165, 1.54) is 4.90 Å². The third kappa shape index (κ3) is 4.44. The van der Waals surface area contributed by atoms with Gasteiger partial charge in [0.05, 0.1) is 23.8 Å². The number of rotatable bonds is 5. The normalized spacial score (nSPS) is 14.7. The van der Waals surface area contributed by atoms with Crippen molar-refractivity contribution in [3.8, 4) is 5.69 Å². The summed E-state index contributed by atoms with van der Waals surface area (Å²) < 4.78 is 1.60. The summed E-state index contributed by atoms with van der Waals surface area (Å²) in [7, 11) is 1.55. The van der Waals surface area contributed by atoms with Gasteiger partial charge in [-0.05, 0) is 44.4 Å². The Morgan fingerprint density at radius 1 is 1.21 bits per heavy atom. The number of piperidine rings is 1. The first kappa shape index (κ1) is 20.5. The first-order chi connectivity index (χ1) is 13.8. The van der Waals surface area contributed by atoms with Crippen molar-refractivity contribution in [1.82, 2.24) is 24.8 Å². The number of likely N-dealkylation sites (N-methyl/N-ethyl adjacent to an activating group) is 1. The van der Waals surface area contributed by atoms with Crippen LogP contribution in [0.2, 0.25) is 0 Å². The number of hydrogen-bond acceptors (Lipinski definition) is 5. The number of carbonyl (C=O) groups excluding carboxylic acids is 2. The van der Waals surface area contributed by atoms with E-state index in [1.54, 1.807) is 23.6 Å². The molecule has 0 spiro atoms. The Morgan fingerprint density at radius 3 is 2.52 bits per heavy atom. The zero-order valence-electron chi connectivity index (χ0n) is 16.8. The molecule has 1 fully saturated rings. The molecule has 1 saturated heterocycles. The third-order valence-electron chi connectivity index (χ3n) is 5.26. The predicted octanol–water partition coefficient (Wildman–Crippen LogP) is 1.28. The van der Waals surface area contributed by atoms with Gasteiger partial charge in [-0.25, -0.2) is 4.68 Å². The fourth-order valence-electron chi connectivity index (χ4n) is 3.46. The molecule has 3 rings (SSSR count). The molecular formula is C20H25N5O4. The number of aliphatic carboxylic acids is 1. The van der Waals surface area contributed by atoms with Gasteiger partial charge in [0.25, 0.3) is 5.91 Å². The molecule has 0 saturated carbocycles. The lowest BCUT2D eigenvalue weighted by atomic mass is 9.97. The van der Waals surface area contributed by atoms with Crippen LogP contribution < -0.4 is 0 Å². The monoisotopic (exact) mass is 399 g/mol. The lowest BCUT2D eigenvalue weighted by Crippen LogP contribution is -2.45. The number of carboxylic acid groups (broad SMARTS) is 1. The Labute approximate surface area is 168 Å². The lowest BCUT2D eigenvalue weighted by Gasteiger charge is -2.31. The summed E-state index contributed by atoms with van der Waals surface area (Å²) >= 11 is 0. The fourth-order valence-corrected chi connectivity index (χ4v) is 3.46. The van der Waals surface area contributed by atoms with Gasteiger partial charge in [0.15, 0.2) is 5.69 Å². The van der Waals surface area contributed by atoms with E-state index in [0.29, 0.717) is 31.6 Å². The molecule has 29 heavy (non-hydrogen) atoms. The largest absolute Gasteiger partial charge is 0.481 e. The topological polar surface area (TPSA) is 109 Å². The molecule has 0 atom stereocenters. The third-order valence-corrected chi connectivity index (χ3v) is 5.26. The van der Waals surface area contributed by atoms with Gasteiger partial charge < -0.3 is 14.9 Å². The molecule has 2 amide bonds. The molecule has 0 unspecified atom stereocenters. The highest BCUT2D eigenvalue weighted by molar-refractivity contribution is 5.95. The van der Waals surface area contributed by atoms with Crippen molar-refractivity contribution in [3.05, 3.63) is 41.2 Å². The van der Waals surface area contributed by atoms with Gasteiger partial charge in [-0.2, -0.15) is 0 Å². The second kappa shape index (κ2) is 8.42. The van der Waals surface area contributed by atoms with Crippen LogP contribution in [0.5, 0.6) is 0 Å². The number of carbonyl (C=O) groups is 3. The van der Waals surface area contributed by atoms with Gasteiger partial charge in [0, 0.05) is 20.1 Å². The van der Waals surface area contributed by atoms with Gasteiger partial charge in [-0.3, -0.25) is 14.4 Å². The van der Waals surface area contributed by atoms with Crippen LogP contribution in [0, 0.1) is 19.8 Å². The Kier molecular flexibility index (Phi) is 5.95. The maximum absolute atomic E-state index is 12.8. The van der Waals surface area contributed by atoms with Crippen LogP contribution in [0.15, 0.2) is 24.3 Å². The average molecular weight is 399 g/mol. The summed E-state index contributed by atoms with van der Waals surface area (Å²) in [4.78, 5) is 39.3. The minimum Gasteiger partial charge on any atom is -0.481 e. The molecule has 0 radical (unpaired) electrons. The lowest BCUT2D eigenvalue weighted by molar-refractivity contribution is -0.145. The van der Waals surface area contributed by atoms with E-state index in [4.69, 9.17) is 5.11 Å². The summed E-state index contributed by atoms with van der Waals surface area (Å²) in [5, 5.41) is 17.2. The molecule has 2 heterocycles. The standard InChI is InChI=1S/C20H25N5O4/c1-13-5-4-6-16(11-13)25-14(2)18(21-22-25)19(27)23(3)12-17(26)24-9-7-15(8-10-24)20(28)29/h4-6,11,15H,7-10,12H2,1-3H3,(H,28,29). The first-order valence-electron chi connectivity index (χ1n) is 9.53. The summed E-state index contributed by atoms with van der Waals surface area (Å²) in [6.45, 7) is 4.43. The number of hydrogen-bond donors (Lipinski definition) is 1. The van der Waals surface area contributed by atoms with Crippen LogP contribution in [0.4, 0.5) is 0 Å². The molecule has 1 aromatic carbocycles. The quantitative estimate of drug-likeness (QED) is 0.811. The second-order valence-corrected chi connectivity index (χ2v) is 7.43. The summed E-state index contributed by atoms with van der Waals surface area (Å²) in [6, 6.07) is 7.72. The van der Waals surface area contributed by atoms with Crippen LogP contribution in [-0.4, -0.2) is 74.4 Å². The highest BCUT2D eigenvalue weighted by Gasteiger charge is 2.29. The van der Waals surface area contributed by atoms with Gasteiger partial charge in [-0.15, -0.1) is 5.10 Å². The molecular weight excluding hydrogens is 374 g/mol. The van der Waals surface area contributed by atoms with E-state index in [2.05, 4.69) is 10.3 Å². The van der Waals surface area contributed by atoms with E-state index in [9.17, 15) is 14.4 Å². The molecule has 2 aromatic rings. The predicted molar refractivity (Wildman–Crippen MR) is 105 cm³/mol. The van der Waals surface area contributed by atoms with Gasteiger partial charge in [0.1, 0.15) is 0 Å². The zero-order valence-corrected chi connectivity index (χ0v) is 16.8. The minimum absolute atomic E-state index is 0.0900. The van der Waals surface area contributed by atoms with Crippen LogP contribution in [-0.2, 0) is 9.59 Å². The van der Waals surface area contributed by atoms with E-state index < -0.39 is 11.9 Å². The molecule has 9 heteroatoms. The van der Waals surface area contributed by atoms with E-state index in [-0.39, 0.29) is 24.1 Å². The highest BCUT2D eigenvalue weighted by Crippen LogP contribution is 2.18. The smallest absolute Gasteiger partial charge is 0.306 e. The first-order valence-corrected chi connectivity index (χ1v) is 9.53. The number of amides is 2. The molecule has 0 aliphatic carbocycles. The van der Waals surface area contributed by atoms with Crippen molar-refractivity contribution < 1.29 is 19.5 Å². The summed E-state index contributed by atoms with van der Waals surface area (Å²) in [5.74, 6) is -1.81. The van der Waals surface area contributed by atoms with Crippen LogP contribution in [0.3, 0.4) is 0 Å². The van der Waals surface area contributed by atoms with Crippen molar-refractivity contribution in [1.29, 1.82) is 0 Å². The molecule has 1 aliphatic heterocycles. The number of carboxylic acids is 1. The van der Waals surface area contributed by atoms with E-state index in [0.717, 1.165) is 11.3 Å². The number of likely N-dealkylation sites (tertiary alicyclic amines) is 1. The van der Waals surface area contributed by atoms with E-state index in [1.807, 2.05) is 31.2 Å². The van der Waals surface area contributed by atoms with Crippen molar-refractivity contribution in [2.75, 3.05) is 26.7 Å². The van der Waals surface area contributed by atoms with Crippen molar-refractivity contribution in [2.45, 2.75) is 26.7 Å². The summed E-state index contributed by atoms with van der Waals surface area (Å²) in [5.41, 5.74) is 2.68. The minimum atomic E-state index is -0.823. The Hall–Kier alpha value is -3.23. The molecule has 9 nitrogen and oxygen atoms in total. The van der Waals surface area contributed by atoms with Gasteiger partial charge in [0.2, 0.25) is 5.91 Å². The Bertz CT molecular complexity index is 931. The van der Waals surface area contributed by atoms with Gasteiger partial charge in [-0.1, -0.05) is 17.3 Å². The Balaban J connectivity index is 1.65. The van der Waals surface area contributed by atoms with Crippen LogP contribution in [0.1, 0.15) is 34.6 Å². The van der Waals surface area contributed by atoms with Crippen molar-refractivity contribution in [3.63, 3.8) is 0 Å². The number of nitrogens with zero attached hydrogens (tertiary/aromatic N) is 5. The SMILES string of the molecule is Cc1cccc(-n2nnc(C(=O)N(C)CC(=O)N3CCC(C(=O)O)CC3)c2C)c1. The highest BCUT2D eigenvalue weighted by atomic mass is 16.4. The van der Waals surface area contributed by atoms with Gasteiger partial charge >= 0.3 is 5.97 Å². The Morgan fingerprint density at radius 2 is 1.90 bits per heavy atom. The van der Waals surface area contributed by atoms with E-state index >= 15 is 0 Å². The van der Waals surface area contributed by atoms with Crippen molar-refractivity contribution in [2.24, 2.45) is 5.92 Å². The average Bonchev–Trinajstić information content (AvgIpc) is 3.08. The molecule has 1 N–H and O–H groups in total. The number of aryl methyl sites for hydroxylation is 1. The number of benzene rings is 1. The maximum Gasteiger partial charge on any atom is 0.306 e. The molecule has 1 aromatic heterocycles. The maximum atomic E-state index is 12.8. The zero-order chi connectivity index (χ0) is 21.1. The van der Waals surface area contributed by atoms with Crippen LogP contribution in [0.25, 0.3) is 5.69 Å².